The summed E-state index contributed by atoms with van der Waals surface area (Å²) in [5.41, 5.74) is 0.625. The molecule has 0 unspecified atom stereocenters. The van der Waals surface area contributed by atoms with Gasteiger partial charge in [-0.3, -0.25) is 4.79 Å². The molecule has 1 aliphatic rings. The van der Waals surface area contributed by atoms with Gasteiger partial charge in [0.2, 0.25) is 6.79 Å². The van der Waals surface area contributed by atoms with Crippen LogP contribution in [0.2, 0.25) is 0 Å². The zero-order chi connectivity index (χ0) is 20.7. The van der Waals surface area contributed by atoms with Gasteiger partial charge in [0.1, 0.15) is 0 Å². The van der Waals surface area contributed by atoms with Gasteiger partial charge in [-0.1, -0.05) is 36.9 Å². The summed E-state index contributed by atoms with van der Waals surface area (Å²) < 4.78 is 49.5. The molecule has 0 spiro atoms. The van der Waals surface area contributed by atoms with Gasteiger partial charge in [0.25, 0.3) is 0 Å². The van der Waals surface area contributed by atoms with Crippen LogP contribution in [0.3, 0.4) is 0 Å². The summed E-state index contributed by atoms with van der Waals surface area (Å²) >= 11 is 0. The van der Waals surface area contributed by atoms with E-state index in [1.165, 1.54) is 24.3 Å². The van der Waals surface area contributed by atoms with E-state index in [2.05, 4.69) is 13.2 Å². The van der Waals surface area contributed by atoms with Crippen molar-refractivity contribution >= 4 is 11.5 Å². The number of carboxylic acid groups (broad SMARTS) is 1. The summed E-state index contributed by atoms with van der Waals surface area (Å²) in [6.45, 7) is 7.27. The quantitative estimate of drug-likeness (QED) is 0.626. The minimum atomic E-state index is -4.46. The van der Waals surface area contributed by atoms with Gasteiger partial charge in [-0.25, -0.2) is 0 Å². The molecule has 0 radical (unpaired) electrons. The van der Waals surface area contributed by atoms with Crippen molar-refractivity contribution in [3.63, 3.8) is 0 Å². The maximum Gasteiger partial charge on any atom is 0.416 e. The van der Waals surface area contributed by atoms with E-state index in [4.69, 9.17) is 14.6 Å². The molecule has 1 aromatic carbocycles. The van der Waals surface area contributed by atoms with Crippen LogP contribution in [-0.2, 0) is 20.4 Å². The number of halogens is 3. The van der Waals surface area contributed by atoms with Crippen LogP contribution in [0.1, 0.15) is 24.0 Å². The molecule has 0 aromatic heterocycles. The Morgan fingerprint density at radius 2 is 1.82 bits per heavy atom. The molecule has 0 bridgehead atoms. The molecule has 0 aliphatic carbocycles. The van der Waals surface area contributed by atoms with Gasteiger partial charge >= 0.3 is 12.1 Å². The molecule has 7 heteroatoms. The van der Waals surface area contributed by atoms with E-state index in [-0.39, 0.29) is 13.2 Å². The van der Waals surface area contributed by atoms with E-state index in [0.29, 0.717) is 34.6 Å². The third kappa shape index (κ3) is 5.16. The molecule has 1 aliphatic heterocycles. The fourth-order valence-electron chi connectivity index (χ4n) is 2.67. The molecule has 148 valence electrons. The molecule has 0 saturated carbocycles. The summed E-state index contributed by atoms with van der Waals surface area (Å²) in [5.74, 6) is -0.297. The van der Waals surface area contributed by atoms with E-state index < -0.39 is 17.7 Å². The van der Waals surface area contributed by atoms with Crippen LogP contribution in [0.25, 0.3) is 5.57 Å². The Hall–Kier alpha value is -3.22. The second-order valence-corrected chi connectivity index (χ2v) is 5.76. The third-order valence-electron chi connectivity index (χ3n) is 3.86. The van der Waals surface area contributed by atoms with Crippen molar-refractivity contribution in [1.82, 2.24) is 0 Å². The summed E-state index contributed by atoms with van der Waals surface area (Å²) in [7, 11) is 0. The lowest BCUT2D eigenvalue weighted by Crippen LogP contribution is -2.05. The highest BCUT2D eigenvalue weighted by atomic mass is 19.4. The molecule has 1 saturated heterocycles. The van der Waals surface area contributed by atoms with Crippen LogP contribution in [-0.4, -0.2) is 17.9 Å². The number of hydrogen-bond acceptors (Lipinski definition) is 3. The van der Waals surface area contributed by atoms with Crippen molar-refractivity contribution < 1.29 is 32.5 Å². The van der Waals surface area contributed by atoms with Gasteiger partial charge in [-0.05, 0) is 35.8 Å². The van der Waals surface area contributed by atoms with Crippen LogP contribution in [0.5, 0.6) is 0 Å². The smallest absolute Gasteiger partial charge is 0.416 e. The van der Waals surface area contributed by atoms with Gasteiger partial charge < -0.3 is 14.6 Å². The second kappa shape index (κ2) is 9.12. The van der Waals surface area contributed by atoms with Crippen LogP contribution in [0, 0.1) is 0 Å². The Balaban J connectivity index is 2.62. The number of aliphatic carboxylic acids is 1. The number of carbonyl (C=O) groups is 1. The fraction of sp³-hybridized carbons (Fsp3) is 0.190. The third-order valence-corrected chi connectivity index (χ3v) is 3.86. The molecule has 0 atom stereocenters. The minimum Gasteiger partial charge on any atom is -0.481 e. The van der Waals surface area contributed by atoms with E-state index in [1.54, 1.807) is 12.2 Å². The maximum atomic E-state index is 12.9. The molecule has 2 rings (SSSR count). The van der Waals surface area contributed by atoms with Gasteiger partial charge in [-0.2, -0.15) is 13.2 Å². The van der Waals surface area contributed by atoms with Crippen molar-refractivity contribution in [3.05, 3.63) is 89.9 Å². The first-order valence-electron chi connectivity index (χ1n) is 8.30. The van der Waals surface area contributed by atoms with Crippen molar-refractivity contribution in [3.8, 4) is 0 Å². The molecule has 1 heterocycles. The highest BCUT2D eigenvalue weighted by Crippen LogP contribution is 2.36. The zero-order valence-electron chi connectivity index (χ0n) is 15.0. The lowest BCUT2D eigenvalue weighted by Gasteiger charge is -2.15. The lowest BCUT2D eigenvalue weighted by molar-refractivity contribution is -0.138. The topological polar surface area (TPSA) is 55.8 Å². The molecular formula is C21H19F3O4. The number of alkyl halides is 3. The second-order valence-electron chi connectivity index (χ2n) is 5.76. The summed E-state index contributed by atoms with van der Waals surface area (Å²) in [5, 5.41) is 9.06. The van der Waals surface area contributed by atoms with Gasteiger partial charge in [-0.15, -0.1) is 6.58 Å². The lowest BCUT2D eigenvalue weighted by atomic mass is 9.92. The van der Waals surface area contributed by atoms with E-state index >= 15 is 0 Å². The van der Waals surface area contributed by atoms with Crippen molar-refractivity contribution in [1.29, 1.82) is 0 Å². The Morgan fingerprint density at radius 3 is 2.36 bits per heavy atom. The van der Waals surface area contributed by atoms with Crippen LogP contribution in [0.15, 0.2) is 78.8 Å². The Morgan fingerprint density at radius 1 is 1.14 bits per heavy atom. The highest BCUT2D eigenvalue weighted by Gasteiger charge is 2.30. The number of benzene rings is 1. The predicted octanol–water partition coefficient (Wildman–Crippen LogP) is 5.47. The van der Waals surface area contributed by atoms with Gasteiger partial charge in [0.05, 0.1) is 12.0 Å². The average molecular weight is 392 g/mol. The Labute approximate surface area is 160 Å². The summed E-state index contributed by atoms with van der Waals surface area (Å²) in [6.07, 6.45) is 1.64. The molecule has 0 amide bonds. The van der Waals surface area contributed by atoms with Crippen molar-refractivity contribution in [2.24, 2.45) is 0 Å². The molecular weight excluding hydrogens is 373 g/mol. The first-order valence-corrected chi connectivity index (χ1v) is 8.30. The van der Waals surface area contributed by atoms with Crippen LogP contribution >= 0.6 is 0 Å². The van der Waals surface area contributed by atoms with Crippen molar-refractivity contribution in [2.45, 2.75) is 19.0 Å². The van der Waals surface area contributed by atoms with Gasteiger partial charge in [0, 0.05) is 5.57 Å². The fourth-order valence-corrected chi connectivity index (χ4v) is 2.67. The number of carboxylic acids is 1. The number of rotatable bonds is 7. The Kier molecular flexibility index (Phi) is 6.87. The number of allylic oxidation sites excluding steroid dienone is 5. The molecule has 28 heavy (non-hydrogen) atoms. The summed E-state index contributed by atoms with van der Waals surface area (Å²) in [6, 6.07) is 4.50. The van der Waals surface area contributed by atoms with E-state index in [1.807, 2.05) is 0 Å². The average Bonchev–Trinajstić information content (AvgIpc) is 3.09. The molecule has 1 aromatic rings. The van der Waals surface area contributed by atoms with Crippen LogP contribution in [0.4, 0.5) is 13.2 Å². The Bertz CT molecular complexity index is 843. The van der Waals surface area contributed by atoms with Crippen LogP contribution < -0.4 is 0 Å². The molecule has 4 nitrogen and oxygen atoms in total. The predicted molar refractivity (Wildman–Crippen MR) is 98.8 cm³/mol. The van der Waals surface area contributed by atoms with Crippen molar-refractivity contribution in [2.75, 3.05) is 6.79 Å². The SMILES string of the molecule is C=C/C=C1/OCO/C1=C(CC=C)\C(=C/CC(=O)O)c1ccc(C(F)(F)F)cc1. The normalized spacial score (nSPS) is 17.7. The highest BCUT2D eigenvalue weighted by molar-refractivity contribution is 5.83. The summed E-state index contributed by atoms with van der Waals surface area (Å²) in [4.78, 5) is 11.1. The van der Waals surface area contributed by atoms with E-state index in [0.717, 1.165) is 12.1 Å². The zero-order valence-corrected chi connectivity index (χ0v) is 15.0. The molecule has 1 N–H and O–H groups in total. The standard InChI is InChI=1S/C21H19F3O4/c1-3-5-17(20-18(6-4-2)27-13-28-20)16(11-12-19(25)26)14-7-9-15(10-8-14)21(22,23)24/h3-4,6-11H,1-2,5,12-13H2,(H,25,26)/b16-11-,18-6+,20-17-. The number of hydrogen-bond donors (Lipinski definition) is 1. The first-order chi connectivity index (χ1) is 13.3. The largest absolute Gasteiger partial charge is 0.481 e. The van der Waals surface area contributed by atoms with Gasteiger partial charge in [0.15, 0.2) is 11.5 Å². The molecule has 1 fully saturated rings. The first kappa shape index (κ1) is 21.1. The monoisotopic (exact) mass is 392 g/mol. The number of ether oxygens (including phenoxy) is 2. The minimum absolute atomic E-state index is 0.0329. The maximum absolute atomic E-state index is 12.9. The van der Waals surface area contributed by atoms with E-state index in [9.17, 15) is 18.0 Å².